The van der Waals surface area contributed by atoms with Gasteiger partial charge in [-0.1, -0.05) is 0 Å². The summed E-state index contributed by atoms with van der Waals surface area (Å²) in [6.45, 7) is 5.90. The van der Waals surface area contributed by atoms with E-state index in [4.69, 9.17) is 9.72 Å². The molecule has 0 radical (unpaired) electrons. The molecule has 5 rings (SSSR count). The summed E-state index contributed by atoms with van der Waals surface area (Å²) in [4.78, 5) is 16.0. The van der Waals surface area contributed by atoms with Gasteiger partial charge in [0.25, 0.3) is 0 Å². The average molecular weight is 399 g/mol. The van der Waals surface area contributed by atoms with Crippen LogP contribution in [0.2, 0.25) is 0 Å². The Morgan fingerprint density at radius 3 is 2.80 bits per heavy atom. The third kappa shape index (κ3) is 3.44. The molecule has 3 aromatic heterocycles. The van der Waals surface area contributed by atoms with E-state index in [0.717, 1.165) is 55.4 Å². The minimum absolute atomic E-state index is 0.780. The lowest BCUT2D eigenvalue weighted by atomic mass is 10.1. The van der Waals surface area contributed by atoms with Gasteiger partial charge in [0.1, 0.15) is 5.75 Å². The molecule has 1 aromatic carbocycles. The van der Waals surface area contributed by atoms with Crippen molar-refractivity contribution in [3.8, 4) is 17.1 Å². The fourth-order valence-corrected chi connectivity index (χ4v) is 4.26. The van der Waals surface area contributed by atoms with Crippen molar-refractivity contribution in [2.75, 3.05) is 13.7 Å². The number of aromatic nitrogens is 4. The number of pyridine rings is 1. The van der Waals surface area contributed by atoms with E-state index < -0.39 is 0 Å². The summed E-state index contributed by atoms with van der Waals surface area (Å²) in [5.74, 6) is 1.68. The summed E-state index contributed by atoms with van der Waals surface area (Å²) in [5, 5.41) is 1.27. The lowest BCUT2D eigenvalue weighted by Gasteiger charge is -2.28. The molecule has 0 spiro atoms. The van der Waals surface area contributed by atoms with Crippen molar-refractivity contribution in [3.05, 3.63) is 71.9 Å². The Hall–Kier alpha value is -3.25. The molecule has 152 valence electrons. The van der Waals surface area contributed by atoms with Crippen molar-refractivity contribution in [3.63, 3.8) is 0 Å². The SMILES string of the molecule is CCn1cc(CN2CCc3nc(-c4ccncc4)ncc3C2)c2cc(OC)ccc21. The van der Waals surface area contributed by atoms with Crippen LogP contribution in [0.15, 0.2) is 55.1 Å². The Morgan fingerprint density at radius 1 is 1.13 bits per heavy atom. The quantitative estimate of drug-likeness (QED) is 0.506. The largest absolute Gasteiger partial charge is 0.497 e. The monoisotopic (exact) mass is 399 g/mol. The van der Waals surface area contributed by atoms with Gasteiger partial charge in [-0.05, 0) is 42.8 Å². The Bertz CT molecular complexity index is 1190. The topological polar surface area (TPSA) is 56.1 Å². The lowest BCUT2D eigenvalue weighted by Crippen LogP contribution is -2.30. The van der Waals surface area contributed by atoms with Gasteiger partial charge in [0.05, 0.1) is 12.8 Å². The van der Waals surface area contributed by atoms with Gasteiger partial charge in [-0.3, -0.25) is 9.88 Å². The van der Waals surface area contributed by atoms with E-state index in [1.165, 1.54) is 22.0 Å². The Balaban J connectivity index is 1.39. The number of nitrogens with zero attached hydrogens (tertiary/aromatic N) is 5. The summed E-state index contributed by atoms with van der Waals surface area (Å²) in [7, 11) is 1.72. The Labute approximate surface area is 176 Å². The highest BCUT2D eigenvalue weighted by Crippen LogP contribution is 2.29. The first-order chi connectivity index (χ1) is 14.7. The Morgan fingerprint density at radius 2 is 2.00 bits per heavy atom. The molecule has 4 aromatic rings. The minimum atomic E-state index is 0.780. The number of aryl methyl sites for hydroxylation is 1. The number of methoxy groups -OCH3 is 1. The van der Waals surface area contributed by atoms with Gasteiger partial charge >= 0.3 is 0 Å². The van der Waals surface area contributed by atoms with E-state index in [2.05, 4.69) is 44.7 Å². The van der Waals surface area contributed by atoms with Gasteiger partial charge in [0, 0.05) is 79.4 Å². The zero-order valence-electron chi connectivity index (χ0n) is 17.4. The summed E-state index contributed by atoms with van der Waals surface area (Å²) < 4.78 is 7.77. The Kier molecular flexibility index (Phi) is 4.93. The van der Waals surface area contributed by atoms with Gasteiger partial charge < -0.3 is 9.30 Å². The van der Waals surface area contributed by atoms with Crippen molar-refractivity contribution >= 4 is 10.9 Å². The fraction of sp³-hybridized carbons (Fsp3) is 0.292. The third-order valence-electron chi connectivity index (χ3n) is 5.86. The van der Waals surface area contributed by atoms with E-state index in [1.807, 2.05) is 24.4 Å². The van der Waals surface area contributed by atoms with E-state index in [1.54, 1.807) is 19.5 Å². The molecule has 0 bridgehead atoms. The fourth-order valence-electron chi connectivity index (χ4n) is 4.26. The van der Waals surface area contributed by atoms with Gasteiger partial charge in [-0.25, -0.2) is 9.97 Å². The van der Waals surface area contributed by atoms with Crippen molar-refractivity contribution in [1.29, 1.82) is 0 Å². The van der Waals surface area contributed by atoms with Crippen LogP contribution in [0.25, 0.3) is 22.3 Å². The van der Waals surface area contributed by atoms with Crippen LogP contribution in [0.4, 0.5) is 0 Å². The number of rotatable bonds is 5. The van der Waals surface area contributed by atoms with Crippen LogP contribution < -0.4 is 4.74 Å². The van der Waals surface area contributed by atoms with Crippen molar-refractivity contribution in [2.45, 2.75) is 33.0 Å². The zero-order valence-corrected chi connectivity index (χ0v) is 17.4. The first-order valence-electron chi connectivity index (χ1n) is 10.4. The van der Waals surface area contributed by atoms with Crippen LogP contribution in [0.1, 0.15) is 23.7 Å². The first-order valence-corrected chi connectivity index (χ1v) is 10.4. The number of hydrogen-bond acceptors (Lipinski definition) is 5. The molecule has 30 heavy (non-hydrogen) atoms. The zero-order chi connectivity index (χ0) is 20.5. The minimum Gasteiger partial charge on any atom is -0.497 e. The maximum atomic E-state index is 5.46. The molecule has 6 nitrogen and oxygen atoms in total. The van der Waals surface area contributed by atoms with Crippen LogP contribution >= 0.6 is 0 Å². The maximum Gasteiger partial charge on any atom is 0.159 e. The summed E-state index contributed by atoms with van der Waals surface area (Å²) in [6, 6.07) is 10.2. The van der Waals surface area contributed by atoms with Gasteiger partial charge in [0.2, 0.25) is 0 Å². The van der Waals surface area contributed by atoms with Crippen LogP contribution in [0.5, 0.6) is 5.75 Å². The molecule has 0 aliphatic carbocycles. The van der Waals surface area contributed by atoms with Crippen LogP contribution in [-0.4, -0.2) is 38.1 Å². The molecule has 6 heteroatoms. The average Bonchev–Trinajstić information content (AvgIpc) is 3.16. The molecular formula is C24H25N5O. The second-order valence-electron chi connectivity index (χ2n) is 7.69. The van der Waals surface area contributed by atoms with E-state index in [-0.39, 0.29) is 0 Å². The van der Waals surface area contributed by atoms with Crippen molar-refractivity contribution < 1.29 is 4.74 Å². The van der Waals surface area contributed by atoms with Gasteiger partial charge in [-0.15, -0.1) is 0 Å². The van der Waals surface area contributed by atoms with Crippen LogP contribution in [0.3, 0.4) is 0 Å². The second-order valence-corrected chi connectivity index (χ2v) is 7.69. The van der Waals surface area contributed by atoms with Crippen LogP contribution in [-0.2, 0) is 26.1 Å². The standard InChI is InChI=1S/C24H25N5O/c1-3-29-16-19(21-12-20(30-2)4-5-23(21)29)15-28-11-8-22-18(14-28)13-26-24(27-22)17-6-9-25-10-7-17/h4-7,9-10,12-13,16H,3,8,11,14-15H2,1-2H3. The third-order valence-corrected chi connectivity index (χ3v) is 5.86. The highest BCUT2D eigenvalue weighted by atomic mass is 16.5. The molecule has 0 fully saturated rings. The van der Waals surface area contributed by atoms with Gasteiger partial charge in [0.15, 0.2) is 5.82 Å². The molecule has 0 amide bonds. The number of fused-ring (bicyclic) bond motifs is 2. The predicted octanol–water partition coefficient (Wildman–Crippen LogP) is 4.08. The van der Waals surface area contributed by atoms with Crippen molar-refractivity contribution in [2.24, 2.45) is 0 Å². The van der Waals surface area contributed by atoms with Gasteiger partial charge in [-0.2, -0.15) is 0 Å². The van der Waals surface area contributed by atoms with Crippen molar-refractivity contribution in [1.82, 2.24) is 24.4 Å². The smallest absolute Gasteiger partial charge is 0.159 e. The van der Waals surface area contributed by atoms with E-state index >= 15 is 0 Å². The second kappa shape index (κ2) is 7.88. The number of hydrogen-bond donors (Lipinski definition) is 0. The lowest BCUT2D eigenvalue weighted by molar-refractivity contribution is 0.243. The molecule has 0 unspecified atom stereocenters. The maximum absolute atomic E-state index is 5.46. The molecular weight excluding hydrogens is 374 g/mol. The molecule has 0 atom stereocenters. The molecule has 1 aliphatic heterocycles. The predicted molar refractivity (Wildman–Crippen MR) is 117 cm³/mol. The molecule has 4 heterocycles. The molecule has 1 aliphatic rings. The highest BCUT2D eigenvalue weighted by Gasteiger charge is 2.20. The summed E-state index contributed by atoms with van der Waals surface area (Å²) >= 11 is 0. The molecule has 0 saturated heterocycles. The first kappa shape index (κ1) is 18.8. The number of ether oxygens (including phenoxy) is 1. The summed E-state index contributed by atoms with van der Waals surface area (Å²) in [6.07, 6.45) is 8.76. The van der Waals surface area contributed by atoms with E-state index in [9.17, 15) is 0 Å². The molecule has 0 N–H and O–H groups in total. The van der Waals surface area contributed by atoms with Crippen LogP contribution in [0, 0.1) is 0 Å². The summed E-state index contributed by atoms with van der Waals surface area (Å²) in [5.41, 5.74) is 5.98. The normalized spacial score (nSPS) is 14.1. The highest BCUT2D eigenvalue weighted by molar-refractivity contribution is 5.85. The molecule has 0 saturated carbocycles. The van der Waals surface area contributed by atoms with E-state index in [0.29, 0.717) is 0 Å². The number of benzene rings is 1.